The van der Waals surface area contributed by atoms with Crippen molar-refractivity contribution in [2.24, 2.45) is 0 Å². The quantitative estimate of drug-likeness (QED) is 0.225. The molecular weight excluding hydrogens is 631 g/mol. The maximum Gasteiger partial charge on any atom is 0.357 e. The van der Waals surface area contributed by atoms with E-state index >= 15 is 0 Å². The van der Waals surface area contributed by atoms with Crippen molar-refractivity contribution in [2.75, 3.05) is 28.4 Å². The van der Waals surface area contributed by atoms with Crippen LogP contribution in [0.2, 0.25) is 0 Å². The molecule has 4 rings (SSSR count). The summed E-state index contributed by atoms with van der Waals surface area (Å²) < 4.78 is 24.6. The van der Waals surface area contributed by atoms with E-state index in [1.54, 1.807) is 28.4 Å². The van der Waals surface area contributed by atoms with E-state index in [0.29, 0.717) is 0 Å². The summed E-state index contributed by atoms with van der Waals surface area (Å²) in [5.41, 5.74) is 4.85. The Morgan fingerprint density at radius 2 is 0.889 bits per heavy atom. The van der Waals surface area contributed by atoms with Gasteiger partial charge < -0.3 is 35.9 Å². The summed E-state index contributed by atoms with van der Waals surface area (Å²) in [5.74, 6) is 3.57. The van der Waals surface area contributed by atoms with Crippen LogP contribution in [0, 0.1) is 7.14 Å². The van der Waals surface area contributed by atoms with E-state index in [-0.39, 0.29) is 38.2 Å². The number of benzene rings is 4. The number of halogens is 2. The van der Waals surface area contributed by atoms with Crippen molar-refractivity contribution in [1.82, 2.24) is 0 Å². The predicted molar refractivity (Wildman–Crippen MR) is 135 cm³/mol. The van der Waals surface area contributed by atoms with Gasteiger partial charge in [0.15, 0.2) is 7.14 Å². The fourth-order valence-corrected chi connectivity index (χ4v) is 6.44. The van der Waals surface area contributed by atoms with Crippen LogP contribution in [0.15, 0.2) is 84.9 Å². The molecule has 0 amide bonds. The summed E-state index contributed by atoms with van der Waals surface area (Å²) in [6.45, 7) is 0. The second-order valence-corrected chi connectivity index (χ2v) is 11.1. The monoisotopic (exact) mass is 660 g/mol. The first kappa shape index (κ1) is 27.9. The van der Waals surface area contributed by atoms with Gasteiger partial charge in [-0.15, -0.1) is 0 Å². The second kappa shape index (κ2) is 13.6. The Bertz CT molecular complexity index is 1160. The zero-order valence-electron chi connectivity index (χ0n) is 20.9. The highest BCUT2D eigenvalue weighted by atomic mass is 127. The molecule has 0 saturated heterocycles. The molecule has 6 heteroatoms. The van der Waals surface area contributed by atoms with Crippen molar-refractivity contribution < 1.29 is 57.1 Å². The number of hydrogen-bond donors (Lipinski definition) is 0. The average molecular weight is 661 g/mol. The SMILES string of the molecule is COc1ccc(Cc2cc([I+]c3ccc(OC)c(Cc4ccc(OC)cc4)c3)ccc2OC)cc1.[Br-]. The molecule has 4 nitrogen and oxygen atoms in total. The van der Waals surface area contributed by atoms with Gasteiger partial charge in [0.2, 0.25) is 0 Å². The molecule has 0 bridgehead atoms. The van der Waals surface area contributed by atoms with Crippen LogP contribution < -0.4 is 57.1 Å². The Kier molecular flexibility index (Phi) is 10.5. The van der Waals surface area contributed by atoms with Gasteiger partial charge in [-0.3, -0.25) is 0 Å². The van der Waals surface area contributed by atoms with Crippen LogP contribution in [0.3, 0.4) is 0 Å². The molecule has 0 aliphatic carbocycles. The highest BCUT2D eigenvalue weighted by molar-refractivity contribution is 5.40. The molecule has 0 fully saturated rings. The largest absolute Gasteiger partial charge is 1.00 e. The third-order valence-electron chi connectivity index (χ3n) is 5.81. The zero-order valence-corrected chi connectivity index (χ0v) is 24.6. The average Bonchev–Trinajstić information content (AvgIpc) is 2.90. The summed E-state index contributed by atoms with van der Waals surface area (Å²) in [5, 5.41) is 0. The van der Waals surface area contributed by atoms with Crippen LogP contribution >= 0.6 is 0 Å². The third kappa shape index (κ3) is 7.17. The van der Waals surface area contributed by atoms with Crippen molar-refractivity contribution in [3.8, 4) is 23.0 Å². The molecular formula is C30H30BrIO4. The molecule has 4 aromatic rings. The van der Waals surface area contributed by atoms with Gasteiger partial charge in [-0.1, -0.05) is 24.3 Å². The maximum absolute atomic E-state index is 5.66. The lowest BCUT2D eigenvalue weighted by Crippen LogP contribution is -3.61. The van der Waals surface area contributed by atoms with E-state index < -0.39 is 0 Å². The Labute approximate surface area is 234 Å². The molecule has 0 saturated carbocycles. The van der Waals surface area contributed by atoms with Crippen LogP contribution in [0.4, 0.5) is 0 Å². The van der Waals surface area contributed by atoms with Gasteiger partial charge in [0, 0.05) is 24.0 Å². The Morgan fingerprint density at radius 1 is 0.500 bits per heavy atom. The van der Waals surface area contributed by atoms with Gasteiger partial charge in [0.25, 0.3) is 0 Å². The van der Waals surface area contributed by atoms with Gasteiger partial charge in [-0.2, -0.15) is 0 Å². The lowest BCUT2D eigenvalue weighted by molar-refractivity contribution is -0.597. The van der Waals surface area contributed by atoms with Crippen molar-refractivity contribution >= 4 is 0 Å². The molecule has 0 atom stereocenters. The molecule has 4 aromatic carbocycles. The molecule has 188 valence electrons. The first-order valence-electron chi connectivity index (χ1n) is 11.4. The van der Waals surface area contributed by atoms with Crippen LogP contribution in [0.1, 0.15) is 22.3 Å². The molecule has 0 aliphatic heterocycles. The standard InChI is InChI=1S/C30H30IO4.BrH/c1-32-27-11-5-21(6-12-27)17-23-19-25(9-15-29(23)34-3)31-26-10-16-30(35-4)24(20-26)18-22-7-13-28(33-2)14-8-22;/h5-16,19-20H,17-18H2,1-4H3;1H/q+1;/p-1. The van der Waals surface area contributed by atoms with Gasteiger partial charge in [-0.05, 0) is 71.8 Å². The van der Waals surface area contributed by atoms with Gasteiger partial charge in [0.05, 0.1) is 28.4 Å². The van der Waals surface area contributed by atoms with E-state index in [1.165, 1.54) is 29.4 Å². The summed E-state index contributed by atoms with van der Waals surface area (Å²) in [4.78, 5) is 0. The molecule has 0 spiro atoms. The Morgan fingerprint density at radius 3 is 1.22 bits per heavy atom. The summed E-state index contributed by atoms with van der Waals surface area (Å²) in [6, 6.07) is 29.6. The minimum atomic E-state index is -0.361. The van der Waals surface area contributed by atoms with Crippen molar-refractivity contribution in [3.63, 3.8) is 0 Å². The Balaban J connectivity index is 0.00000361. The highest BCUT2D eigenvalue weighted by Gasteiger charge is 2.20. The highest BCUT2D eigenvalue weighted by Crippen LogP contribution is 2.24. The normalized spacial score (nSPS) is 10.3. The minimum absolute atomic E-state index is 0. The lowest BCUT2D eigenvalue weighted by atomic mass is 10.0. The number of ether oxygens (including phenoxy) is 4. The predicted octanol–water partition coefficient (Wildman–Crippen LogP) is 0.0350. The molecule has 0 radical (unpaired) electrons. The van der Waals surface area contributed by atoms with Gasteiger partial charge >= 0.3 is 21.2 Å². The maximum atomic E-state index is 5.66. The molecule has 0 aromatic heterocycles. The topological polar surface area (TPSA) is 36.9 Å². The van der Waals surface area contributed by atoms with Crippen molar-refractivity contribution in [3.05, 3.63) is 114 Å². The van der Waals surface area contributed by atoms with E-state index in [0.717, 1.165) is 35.8 Å². The smallest absolute Gasteiger partial charge is 0.357 e. The molecule has 0 unspecified atom stereocenters. The van der Waals surface area contributed by atoms with E-state index in [4.69, 9.17) is 18.9 Å². The molecule has 0 heterocycles. The second-order valence-electron chi connectivity index (χ2n) is 8.06. The van der Waals surface area contributed by atoms with E-state index in [1.807, 2.05) is 24.3 Å². The summed E-state index contributed by atoms with van der Waals surface area (Å²) in [7, 11) is 6.84. The van der Waals surface area contributed by atoms with Crippen LogP contribution in [0.25, 0.3) is 0 Å². The van der Waals surface area contributed by atoms with E-state index in [2.05, 4.69) is 60.7 Å². The van der Waals surface area contributed by atoms with Crippen LogP contribution in [-0.4, -0.2) is 28.4 Å². The number of rotatable bonds is 10. The minimum Gasteiger partial charge on any atom is -1.00 e. The fourth-order valence-electron chi connectivity index (χ4n) is 3.94. The van der Waals surface area contributed by atoms with E-state index in [9.17, 15) is 0 Å². The molecule has 0 N–H and O–H groups in total. The van der Waals surface area contributed by atoms with Gasteiger partial charge in [0.1, 0.15) is 23.0 Å². The Hall–Kier alpha value is -2.71. The van der Waals surface area contributed by atoms with Crippen LogP contribution in [-0.2, 0) is 12.8 Å². The number of methoxy groups -OCH3 is 4. The molecule has 36 heavy (non-hydrogen) atoms. The fraction of sp³-hybridized carbons (Fsp3) is 0.200. The van der Waals surface area contributed by atoms with Crippen molar-refractivity contribution in [2.45, 2.75) is 12.8 Å². The van der Waals surface area contributed by atoms with Gasteiger partial charge in [-0.25, -0.2) is 0 Å². The summed E-state index contributed by atoms with van der Waals surface area (Å²) >= 11 is -0.361. The summed E-state index contributed by atoms with van der Waals surface area (Å²) in [6.07, 6.45) is 1.63. The first-order chi connectivity index (χ1) is 17.1. The third-order valence-corrected chi connectivity index (χ3v) is 8.40. The first-order valence-corrected chi connectivity index (χ1v) is 13.5. The lowest BCUT2D eigenvalue weighted by Gasteiger charge is -2.10. The number of hydrogen-bond acceptors (Lipinski definition) is 4. The van der Waals surface area contributed by atoms with Crippen molar-refractivity contribution in [1.29, 1.82) is 0 Å². The zero-order chi connectivity index (χ0) is 24.6. The van der Waals surface area contributed by atoms with Crippen LogP contribution in [0.5, 0.6) is 23.0 Å². The molecule has 0 aliphatic rings.